The molecule has 0 spiro atoms. The van der Waals surface area contributed by atoms with Crippen LogP contribution in [0.3, 0.4) is 0 Å². The van der Waals surface area contributed by atoms with Gasteiger partial charge in [-0.15, -0.1) is 0 Å². The first kappa shape index (κ1) is 12.6. The van der Waals surface area contributed by atoms with Gasteiger partial charge in [-0.25, -0.2) is 4.79 Å². The second kappa shape index (κ2) is 4.45. The smallest absolute Gasteiger partial charge is 0.407 e. The molecule has 1 aliphatic heterocycles. The van der Waals surface area contributed by atoms with E-state index in [9.17, 15) is 13.2 Å². The molecule has 1 aliphatic carbocycles. The Morgan fingerprint density at radius 3 is 2.29 bits per heavy atom. The summed E-state index contributed by atoms with van der Waals surface area (Å²) in [7, 11) is -3.36. The van der Waals surface area contributed by atoms with Crippen LogP contribution in [0.15, 0.2) is 0 Å². The standard InChI is InChI=1S/C10H17NO5S/c1-17(14,15)16-6-7-2-8-4-11(10(12)13)5-9(8)3-7/h7-9H,2-6H2,1H3,(H,12,13)/t7?,8-,9?/m1/s1. The van der Waals surface area contributed by atoms with Crippen molar-refractivity contribution < 1.29 is 22.5 Å². The van der Waals surface area contributed by atoms with Crippen LogP contribution < -0.4 is 0 Å². The lowest BCUT2D eigenvalue weighted by Gasteiger charge is -2.15. The second-order valence-electron chi connectivity index (χ2n) is 5.03. The van der Waals surface area contributed by atoms with Gasteiger partial charge in [0.1, 0.15) is 0 Å². The topological polar surface area (TPSA) is 83.9 Å². The van der Waals surface area contributed by atoms with E-state index in [4.69, 9.17) is 9.29 Å². The van der Waals surface area contributed by atoms with Crippen molar-refractivity contribution in [3.63, 3.8) is 0 Å². The third kappa shape index (κ3) is 3.10. The van der Waals surface area contributed by atoms with Crippen LogP contribution in [0.2, 0.25) is 0 Å². The van der Waals surface area contributed by atoms with Crippen molar-refractivity contribution in [2.45, 2.75) is 12.8 Å². The highest BCUT2D eigenvalue weighted by molar-refractivity contribution is 7.85. The molecule has 2 fully saturated rings. The molecule has 0 bridgehead atoms. The van der Waals surface area contributed by atoms with Crippen molar-refractivity contribution in [3.8, 4) is 0 Å². The lowest BCUT2D eigenvalue weighted by Crippen LogP contribution is -2.28. The number of amides is 1. The van der Waals surface area contributed by atoms with Crippen molar-refractivity contribution in [1.82, 2.24) is 4.90 Å². The van der Waals surface area contributed by atoms with Crippen molar-refractivity contribution in [3.05, 3.63) is 0 Å². The summed E-state index contributed by atoms with van der Waals surface area (Å²) in [5.41, 5.74) is 0. The Bertz CT molecular complexity index is 393. The normalized spacial score (nSPS) is 32.8. The highest BCUT2D eigenvalue weighted by Gasteiger charge is 2.42. The van der Waals surface area contributed by atoms with Gasteiger partial charge in [-0.05, 0) is 30.6 Å². The molecule has 1 saturated heterocycles. The number of rotatable bonds is 3. The predicted octanol–water partition coefficient (Wildman–Crippen LogP) is 0.599. The zero-order valence-electron chi connectivity index (χ0n) is 9.70. The molecule has 2 unspecified atom stereocenters. The van der Waals surface area contributed by atoms with Crippen LogP contribution in [0.4, 0.5) is 4.79 Å². The molecule has 17 heavy (non-hydrogen) atoms. The maximum Gasteiger partial charge on any atom is 0.407 e. The van der Waals surface area contributed by atoms with Crippen molar-refractivity contribution in [1.29, 1.82) is 0 Å². The van der Waals surface area contributed by atoms with Crippen molar-refractivity contribution in [2.24, 2.45) is 17.8 Å². The highest BCUT2D eigenvalue weighted by atomic mass is 32.2. The first-order valence-corrected chi connectivity index (χ1v) is 7.49. The fourth-order valence-corrected chi connectivity index (χ4v) is 3.38. The molecule has 1 N–H and O–H groups in total. The number of fused-ring (bicyclic) bond motifs is 1. The molecule has 0 aromatic carbocycles. The van der Waals surface area contributed by atoms with E-state index in [0.717, 1.165) is 19.1 Å². The maximum absolute atomic E-state index is 10.9. The zero-order valence-corrected chi connectivity index (χ0v) is 10.5. The van der Waals surface area contributed by atoms with E-state index in [0.29, 0.717) is 24.9 Å². The van der Waals surface area contributed by atoms with Crippen molar-refractivity contribution >= 4 is 16.2 Å². The summed E-state index contributed by atoms with van der Waals surface area (Å²) in [6, 6.07) is 0. The maximum atomic E-state index is 10.9. The van der Waals surface area contributed by atoms with E-state index in [2.05, 4.69) is 0 Å². The van der Waals surface area contributed by atoms with Crippen LogP contribution >= 0.6 is 0 Å². The third-order valence-electron chi connectivity index (χ3n) is 3.64. The molecule has 2 rings (SSSR count). The van der Waals surface area contributed by atoms with Crippen LogP contribution in [0, 0.1) is 17.8 Å². The molecule has 0 radical (unpaired) electrons. The number of carbonyl (C=O) groups is 1. The fourth-order valence-electron chi connectivity index (χ4n) is 2.94. The van der Waals surface area contributed by atoms with Crippen LogP contribution in [0.1, 0.15) is 12.8 Å². The van der Waals surface area contributed by atoms with Crippen LogP contribution in [0.5, 0.6) is 0 Å². The van der Waals surface area contributed by atoms with Gasteiger partial charge < -0.3 is 10.0 Å². The molecule has 1 saturated carbocycles. The Balaban J connectivity index is 1.82. The van der Waals surface area contributed by atoms with E-state index in [1.54, 1.807) is 0 Å². The van der Waals surface area contributed by atoms with Crippen LogP contribution in [-0.2, 0) is 14.3 Å². The summed E-state index contributed by atoms with van der Waals surface area (Å²) in [6.45, 7) is 1.39. The predicted molar refractivity (Wildman–Crippen MR) is 60.1 cm³/mol. The average molecular weight is 263 g/mol. The third-order valence-corrected chi connectivity index (χ3v) is 4.20. The van der Waals surface area contributed by atoms with Gasteiger partial charge in [0.15, 0.2) is 0 Å². The Morgan fingerprint density at radius 2 is 1.88 bits per heavy atom. The largest absolute Gasteiger partial charge is 0.465 e. The molecular formula is C10H17NO5S. The number of likely N-dealkylation sites (tertiary alicyclic amines) is 1. The SMILES string of the molecule is CS(=O)(=O)OCC1CC2CN(C(=O)O)C[C@H]2C1. The van der Waals surface area contributed by atoms with Gasteiger partial charge in [0.2, 0.25) is 0 Å². The summed E-state index contributed by atoms with van der Waals surface area (Å²) in [5, 5.41) is 8.87. The summed E-state index contributed by atoms with van der Waals surface area (Å²) < 4.78 is 26.5. The van der Waals surface area contributed by atoms with Gasteiger partial charge in [-0.3, -0.25) is 4.18 Å². The minimum atomic E-state index is -3.36. The molecule has 3 atom stereocenters. The Morgan fingerprint density at radius 1 is 1.35 bits per heavy atom. The number of hydrogen-bond acceptors (Lipinski definition) is 4. The Hall–Kier alpha value is -0.820. The molecule has 7 heteroatoms. The molecule has 0 aromatic rings. The molecular weight excluding hydrogens is 246 g/mol. The monoisotopic (exact) mass is 263 g/mol. The molecule has 2 aliphatic rings. The van der Waals surface area contributed by atoms with Gasteiger partial charge in [0.05, 0.1) is 12.9 Å². The zero-order chi connectivity index (χ0) is 12.6. The minimum Gasteiger partial charge on any atom is -0.465 e. The Kier molecular flexibility index (Phi) is 3.31. The van der Waals surface area contributed by atoms with E-state index >= 15 is 0 Å². The summed E-state index contributed by atoms with van der Waals surface area (Å²) >= 11 is 0. The molecule has 98 valence electrons. The van der Waals surface area contributed by atoms with Crippen LogP contribution in [0.25, 0.3) is 0 Å². The summed E-state index contributed by atoms with van der Waals surface area (Å²) in [6.07, 6.45) is 1.92. The van der Waals surface area contributed by atoms with E-state index < -0.39 is 16.2 Å². The van der Waals surface area contributed by atoms with Crippen molar-refractivity contribution in [2.75, 3.05) is 26.0 Å². The van der Waals surface area contributed by atoms with Gasteiger partial charge in [-0.2, -0.15) is 8.42 Å². The van der Waals surface area contributed by atoms with E-state index in [-0.39, 0.29) is 12.5 Å². The average Bonchev–Trinajstić information content (AvgIpc) is 2.69. The second-order valence-corrected chi connectivity index (χ2v) is 6.68. The molecule has 0 aromatic heterocycles. The lowest BCUT2D eigenvalue weighted by molar-refractivity contribution is 0.150. The minimum absolute atomic E-state index is 0.235. The highest BCUT2D eigenvalue weighted by Crippen LogP contribution is 2.41. The Labute approximate surface area is 101 Å². The molecule has 1 amide bonds. The first-order valence-electron chi connectivity index (χ1n) is 5.67. The van der Waals surface area contributed by atoms with E-state index in [1.807, 2.05) is 0 Å². The molecule has 1 heterocycles. The number of carboxylic acid groups (broad SMARTS) is 1. The summed E-state index contributed by atoms with van der Waals surface area (Å²) in [5.74, 6) is 0.995. The molecule has 6 nitrogen and oxygen atoms in total. The summed E-state index contributed by atoms with van der Waals surface area (Å²) in [4.78, 5) is 12.2. The first-order chi connectivity index (χ1) is 7.85. The lowest BCUT2D eigenvalue weighted by atomic mass is 10.0. The quantitative estimate of drug-likeness (QED) is 0.754. The van der Waals surface area contributed by atoms with Gasteiger partial charge >= 0.3 is 6.09 Å². The van der Waals surface area contributed by atoms with Gasteiger partial charge in [0, 0.05) is 13.1 Å². The fraction of sp³-hybridized carbons (Fsp3) is 0.900. The van der Waals surface area contributed by atoms with Crippen LogP contribution in [-0.4, -0.2) is 50.5 Å². The van der Waals surface area contributed by atoms with Gasteiger partial charge in [-0.1, -0.05) is 0 Å². The number of nitrogens with zero attached hydrogens (tertiary/aromatic N) is 1. The van der Waals surface area contributed by atoms with E-state index in [1.165, 1.54) is 4.90 Å². The number of hydrogen-bond donors (Lipinski definition) is 1. The van der Waals surface area contributed by atoms with Gasteiger partial charge in [0.25, 0.3) is 10.1 Å².